The van der Waals surface area contributed by atoms with Gasteiger partial charge in [0.05, 0.1) is 18.2 Å². The molecule has 1 aliphatic heterocycles. The molecule has 0 bridgehead atoms. The zero-order valence-corrected chi connectivity index (χ0v) is 28.4. The van der Waals surface area contributed by atoms with Crippen LogP contribution in [0.1, 0.15) is 101 Å². The monoisotopic (exact) mass is 661 g/mol. The highest BCUT2D eigenvalue weighted by Gasteiger charge is 2.47. The van der Waals surface area contributed by atoms with Gasteiger partial charge in [-0.2, -0.15) is 0 Å². The van der Waals surface area contributed by atoms with E-state index < -0.39 is 17.7 Å². The van der Waals surface area contributed by atoms with E-state index in [0.29, 0.717) is 41.1 Å². The molecule has 2 fully saturated rings. The highest BCUT2D eigenvalue weighted by molar-refractivity contribution is 5.87. The van der Waals surface area contributed by atoms with Crippen LogP contribution in [0.15, 0.2) is 59.4 Å². The Labute approximate surface area is 284 Å². The van der Waals surface area contributed by atoms with Crippen LogP contribution in [-0.2, 0) is 15.1 Å². The lowest BCUT2D eigenvalue weighted by Crippen LogP contribution is -2.46. The van der Waals surface area contributed by atoms with Gasteiger partial charge in [0.25, 0.3) is 0 Å². The number of fused-ring (bicyclic) bond motifs is 1. The van der Waals surface area contributed by atoms with Gasteiger partial charge < -0.3 is 35.3 Å². The number of hydrogen-bond acceptors (Lipinski definition) is 8. The maximum atomic E-state index is 13.4. The summed E-state index contributed by atoms with van der Waals surface area (Å²) in [7, 11) is 0. The molecule has 1 saturated heterocycles. The van der Waals surface area contributed by atoms with Gasteiger partial charge in [-0.05, 0) is 93.9 Å². The lowest BCUT2D eigenvalue weighted by Gasteiger charge is -2.37. The lowest BCUT2D eigenvalue weighted by atomic mass is 9.73. The highest BCUT2D eigenvalue weighted by atomic mass is 16.5. The van der Waals surface area contributed by atoms with E-state index in [1.54, 1.807) is 12.1 Å². The smallest absolute Gasteiger partial charge is 0.343 e. The second-order valence-corrected chi connectivity index (χ2v) is 14.0. The van der Waals surface area contributed by atoms with Crippen LogP contribution in [0, 0.1) is 11.8 Å². The van der Waals surface area contributed by atoms with Crippen LogP contribution >= 0.6 is 0 Å². The van der Waals surface area contributed by atoms with Gasteiger partial charge in [-0.1, -0.05) is 81.3 Å². The van der Waals surface area contributed by atoms with E-state index in [4.69, 9.17) is 4.74 Å². The van der Waals surface area contributed by atoms with Crippen LogP contribution in [0.5, 0.6) is 5.75 Å². The molecule has 5 N–H and O–H groups in total. The number of pyridine rings is 1. The number of carbonyl (C=O) groups is 1. The van der Waals surface area contributed by atoms with Crippen molar-refractivity contribution in [1.82, 2.24) is 15.2 Å². The number of benzene rings is 2. The Morgan fingerprint density at radius 1 is 0.917 bits per heavy atom. The fourth-order valence-electron chi connectivity index (χ4n) is 7.60. The van der Waals surface area contributed by atoms with Gasteiger partial charge in [-0.3, -0.25) is 4.79 Å². The molecular formula is C39H55N3O6. The van der Waals surface area contributed by atoms with Crippen molar-refractivity contribution in [2.75, 3.05) is 39.3 Å². The Balaban J connectivity index is 0.906. The Kier molecular flexibility index (Phi) is 13.5. The number of nitrogens with one attached hydrogen (secondary N) is 2. The second-order valence-electron chi connectivity index (χ2n) is 14.0. The van der Waals surface area contributed by atoms with Gasteiger partial charge in [0.15, 0.2) is 5.60 Å². The number of aromatic nitrogens is 1. The van der Waals surface area contributed by atoms with Gasteiger partial charge >= 0.3 is 5.97 Å². The number of rotatable bonds is 17. The van der Waals surface area contributed by atoms with Crippen LogP contribution in [0.3, 0.4) is 0 Å². The molecule has 0 radical (unpaired) electrons. The Morgan fingerprint density at radius 3 is 2.38 bits per heavy atom. The zero-order valence-electron chi connectivity index (χ0n) is 28.4. The number of phenols is 1. The Morgan fingerprint density at radius 2 is 1.62 bits per heavy atom. The number of unbranched alkanes of at least 4 members (excludes halogenated alkanes) is 5. The minimum atomic E-state index is -1.56. The summed E-state index contributed by atoms with van der Waals surface area (Å²) in [5.74, 6) is -0.223. The molecule has 2 aliphatic rings. The van der Waals surface area contributed by atoms with Crippen molar-refractivity contribution in [2.45, 2.75) is 95.2 Å². The molecule has 2 atom stereocenters. The largest absolute Gasteiger partial charge is 0.506 e. The summed E-state index contributed by atoms with van der Waals surface area (Å²) in [6.45, 7) is 4.81. The van der Waals surface area contributed by atoms with E-state index in [0.717, 1.165) is 84.0 Å². The fraction of sp³-hybridized carbons (Fsp3) is 0.590. The molecule has 1 saturated carbocycles. The average Bonchev–Trinajstić information content (AvgIpc) is 3.12. The minimum Gasteiger partial charge on any atom is -0.506 e. The number of H-pyrrole nitrogens is 1. The Bertz CT molecular complexity index is 1480. The van der Waals surface area contributed by atoms with Crippen molar-refractivity contribution >= 4 is 16.9 Å². The maximum absolute atomic E-state index is 13.4. The summed E-state index contributed by atoms with van der Waals surface area (Å²) in [4.78, 5) is 30.2. The number of aliphatic hydroxyl groups excluding tert-OH is 1. The number of aromatic amines is 1. The van der Waals surface area contributed by atoms with Crippen LogP contribution in [0.25, 0.3) is 10.9 Å². The third-order valence-corrected chi connectivity index (χ3v) is 10.6. The number of aromatic hydroxyl groups is 1. The summed E-state index contributed by atoms with van der Waals surface area (Å²) in [6.07, 6.45) is 13.3. The second kappa shape index (κ2) is 18.0. The Hall–Kier alpha value is -3.24. The van der Waals surface area contributed by atoms with E-state index in [-0.39, 0.29) is 17.2 Å². The van der Waals surface area contributed by atoms with Gasteiger partial charge in [-0.15, -0.1) is 0 Å². The molecule has 48 heavy (non-hydrogen) atoms. The predicted octanol–water partition coefficient (Wildman–Crippen LogP) is 5.92. The average molecular weight is 662 g/mol. The number of piperidine rings is 1. The maximum Gasteiger partial charge on any atom is 0.343 e. The SMILES string of the molecule is O=C(OCC1CCN(CCCCCCCCNC[C@@H](O)c2ccc(O)c3[nH]c(=O)ccc23)CC1)C(O)(c1ccccc1)C1CCCCC1. The minimum absolute atomic E-state index is 0.00453. The molecule has 0 spiro atoms. The zero-order chi connectivity index (χ0) is 33.8. The van der Waals surface area contributed by atoms with Crippen molar-refractivity contribution in [3.63, 3.8) is 0 Å². The van der Waals surface area contributed by atoms with Crippen molar-refractivity contribution in [2.24, 2.45) is 11.8 Å². The van der Waals surface area contributed by atoms with Crippen molar-refractivity contribution in [3.8, 4) is 5.75 Å². The summed E-state index contributed by atoms with van der Waals surface area (Å²) in [5, 5.41) is 36.5. The number of ether oxygens (including phenoxy) is 1. The van der Waals surface area contributed by atoms with E-state index in [9.17, 15) is 24.9 Å². The standard InChI is InChI=1S/C39H55N3O6/c43-34-19-17-32(33-18-20-36(45)41-37(33)34)35(44)27-40-23-11-3-1-2-4-12-24-42-25-21-29(22-26-42)28-48-38(46)39(47,30-13-7-5-8-14-30)31-15-9-6-10-16-31/h5,7-8,13-14,17-20,29,31,35,40,43-44,47H,1-4,6,9-12,15-16,21-28H2,(H,41,45)/t35-,39?/m1/s1. The first-order chi connectivity index (χ1) is 23.4. The molecule has 2 aromatic carbocycles. The first kappa shape index (κ1) is 36.1. The van der Waals surface area contributed by atoms with Gasteiger partial charge in [0, 0.05) is 23.9 Å². The number of likely N-dealkylation sites (tertiary alicyclic amines) is 1. The third kappa shape index (κ3) is 9.47. The van der Waals surface area contributed by atoms with Gasteiger partial charge in [0.2, 0.25) is 5.56 Å². The molecule has 262 valence electrons. The third-order valence-electron chi connectivity index (χ3n) is 10.6. The van der Waals surface area contributed by atoms with Crippen molar-refractivity contribution < 1.29 is 24.9 Å². The van der Waals surface area contributed by atoms with Crippen LogP contribution in [0.2, 0.25) is 0 Å². The summed E-state index contributed by atoms with van der Waals surface area (Å²) < 4.78 is 5.86. The lowest BCUT2D eigenvalue weighted by molar-refractivity contribution is -0.177. The number of carbonyl (C=O) groups excluding carboxylic acids is 1. The molecule has 1 aromatic heterocycles. The summed E-state index contributed by atoms with van der Waals surface area (Å²) in [6, 6.07) is 15.6. The van der Waals surface area contributed by atoms with E-state index in [1.807, 2.05) is 30.3 Å². The molecule has 1 unspecified atom stereocenters. The first-order valence-corrected chi connectivity index (χ1v) is 18.3. The molecule has 0 amide bonds. The first-order valence-electron chi connectivity index (χ1n) is 18.3. The topological polar surface area (TPSA) is 135 Å². The molecule has 9 heteroatoms. The van der Waals surface area contributed by atoms with Crippen LogP contribution < -0.4 is 10.9 Å². The summed E-state index contributed by atoms with van der Waals surface area (Å²) in [5.41, 5.74) is -0.157. The fourth-order valence-corrected chi connectivity index (χ4v) is 7.60. The molecule has 9 nitrogen and oxygen atoms in total. The van der Waals surface area contributed by atoms with Crippen molar-refractivity contribution in [1.29, 1.82) is 0 Å². The number of hydrogen-bond donors (Lipinski definition) is 5. The number of phenolic OH excluding ortho intramolecular Hbond substituents is 1. The molecule has 3 aromatic rings. The normalized spacial score (nSPS) is 18.5. The number of aliphatic hydroxyl groups is 2. The van der Waals surface area contributed by atoms with Gasteiger partial charge in [0.1, 0.15) is 5.75 Å². The number of esters is 1. The van der Waals surface area contributed by atoms with Gasteiger partial charge in [-0.25, -0.2) is 4.79 Å². The molecule has 5 rings (SSSR count). The molecule has 1 aliphatic carbocycles. The highest BCUT2D eigenvalue weighted by Crippen LogP contribution is 2.40. The quantitative estimate of drug-likeness (QED) is 0.0889. The molecule has 2 heterocycles. The van der Waals surface area contributed by atoms with Crippen LogP contribution in [0.4, 0.5) is 0 Å². The molecular weight excluding hydrogens is 606 g/mol. The van der Waals surface area contributed by atoms with E-state index >= 15 is 0 Å². The van der Waals surface area contributed by atoms with E-state index in [1.165, 1.54) is 37.8 Å². The van der Waals surface area contributed by atoms with E-state index in [2.05, 4.69) is 15.2 Å². The van der Waals surface area contributed by atoms with Crippen molar-refractivity contribution in [3.05, 3.63) is 76.1 Å². The van der Waals surface area contributed by atoms with Crippen LogP contribution in [-0.4, -0.2) is 70.5 Å². The summed E-state index contributed by atoms with van der Waals surface area (Å²) >= 11 is 0. The number of nitrogens with zero attached hydrogens (tertiary/aromatic N) is 1. The predicted molar refractivity (Wildman–Crippen MR) is 189 cm³/mol.